The van der Waals surface area contributed by atoms with Crippen molar-refractivity contribution in [3.05, 3.63) is 40.4 Å². The van der Waals surface area contributed by atoms with Gasteiger partial charge in [0, 0.05) is 6.54 Å². The average Bonchev–Trinajstić information content (AvgIpc) is 2.69. The predicted molar refractivity (Wildman–Crippen MR) is 77.8 cm³/mol. The molecule has 0 bridgehead atoms. The summed E-state index contributed by atoms with van der Waals surface area (Å²) in [4.78, 5) is 4.29. The van der Waals surface area contributed by atoms with Crippen LogP contribution in [0.5, 0.6) is 0 Å². The molecule has 2 rings (SSSR count). The van der Waals surface area contributed by atoms with Gasteiger partial charge in [0.2, 0.25) is 0 Å². The number of benzene rings is 1. The van der Waals surface area contributed by atoms with Crippen LogP contribution in [-0.4, -0.2) is 21.3 Å². The Morgan fingerprint density at radius 2 is 2.11 bits per heavy atom. The lowest BCUT2D eigenvalue weighted by Crippen LogP contribution is -2.13. The highest BCUT2D eigenvalue weighted by Crippen LogP contribution is 2.22. The summed E-state index contributed by atoms with van der Waals surface area (Å²) in [6.45, 7) is 7.80. The van der Waals surface area contributed by atoms with Gasteiger partial charge < -0.3 is 5.32 Å². The van der Waals surface area contributed by atoms with Crippen molar-refractivity contribution in [2.45, 2.75) is 33.7 Å². The molecule has 0 unspecified atom stereocenters. The summed E-state index contributed by atoms with van der Waals surface area (Å²) in [5, 5.41) is 8.41. The van der Waals surface area contributed by atoms with Crippen molar-refractivity contribution in [1.82, 2.24) is 20.1 Å². The smallest absolute Gasteiger partial charge is 0.148 e. The van der Waals surface area contributed by atoms with Gasteiger partial charge in [-0.15, -0.1) is 0 Å². The van der Waals surface area contributed by atoms with Crippen molar-refractivity contribution in [2.24, 2.45) is 0 Å². The highest BCUT2D eigenvalue weighted by atomic mass is 35.5. The van der Waals surface area contributed by atoms with E-state index in [4.69, 9.17) is 11.6 Å². The molecule has 102 valence electrons. The fourth-order valence-corrected chi connectivity index (χ4v) is 2.27. The second-order valence-corrected chi connectivity index (χ2v) is 4.99. The third-order valence-corrected chi connectivity index (χ3v) is 3.17. The van der Waals surface area contributed by atoms with E-state index in [1.165, 1.54) is 5.56 Å². The molecule has 1 aromatic heterocycles. The lowest BCUT2D eigenvalue weighted by Gasteiger charge is -2.09. The normalized spacial score (nSPS) is 10.9. The second-order valence-electron chi connectivity index (χ2n) is 4.58. The van der Waals surface area contributed by atoms with E-state index in [1.54, 1.807) is 4.68 Å². The van der Waals surface area contributed by atoms with Gasteiger partial charge in [0.15, 0.2) is 0 Å². The van der Waals surface area contributed by atoms with Gasteiger partial charge in [-0.25, -0.2) is 9.67 Å². The van der Waals surface area contributed by atoms with Crippen LogP contribution in [0.15, 0.2) is 18.2 Å². The number of hydrogen-bond donors (Lipinski definition) is 1. The molecule has 0 saturated carbocycles. The van der Waals surface area contributed by atoms with Crippen LogP contribution in [0.1, 0.15) is 30.6 Å². The van der Waals surface area contributed by atoms with E-state index in [0.29, 0.717) is 5.02 Å². The molecule has 1 N–H and O–H groups in total. The Bertz CT molecular complexity index is 563. The second kappa shape index (κ2) is 6.17. The molecule has 0 spiro atoms. The van der Waals surface area contributed by atoms with E-state index in [9.17, 15) is 0 Å². The fraction of sp³-hybridized carbons (Fsp3) is 0.429. The van der Waals surface area contributed by atoms with E-state index >= 15 is 0 Å². The summed E-state index contributed by atoms with van der Waals surface area (Å²) in [6.07, 6.45) is 1.13. The van der Waals surface area contributed by atoms with E-state index in [2.05, 4.69) is 28.4 Å². The molecule has 2 aromatic rings. The van der Waals surface area contributed by atoms with Crippen LogP contribution in [0.4, 0.5) is 0 Å². The first-order chi connectivity index (χ1) is 9.11. The number of rotatable bonds is 5. The first kappa shape index (κ1) is 14.0. The Hall–Kier alpha value is -1.39. The maximum absolute atomic E-state index is 6.34. The molecule has 1 aromatic carbocycles. The van der Waals surface area contributed by atoms with Crippen LogP contribution in [0.3, 0.4) is 0 Å². The van der Waals surface area contributed by atoms with Crippen molar-refractivity contribution in [2.75, 3.05) is 6.54 Å². The van der Waals surface area contributed by atoms with Crippen molar-refractivity contribution >= 4 is 11.6 Å². The Balaban J connectivity index is 2.22. The molecule has 0 aliphatic heterocycles. The van der Waals surface area contributed by atoms with E-state index in [1.807, 2.05) is 26.0 Å². The Morgan fingerprint density at radius 1 is 1.32 bits per heavy atom. The van der Waals surface area contributed by atoms with Gasteiger partial charge in [-0.1, -0.05) is 24.6 Å². The molecule has 0 amide bonds. The van der Waals surface area contributed by atoms with Crippen LogP contribution in [0, 0.1) is 13.8 Å². The predicted octanol–water partition coefficient (Wildman–Crippen LogP) is 3.04. The minimum Gasteiger partial charge on any atom is -0.313 e. The topological polar surface area (TPSA) is 42.7 Å². The number of aromatic nitrogens is 3. The van der Waals surface area contributed by atoms with E-state index < -0.39 is 0 Å². The minimum absolute atomic E-state index is 0.698. The summed E-state index contributed by atoms with van der Waals surface area (Å²) in [5.74, 6) is 1.60. The SMILES string of the molecule is CCCNCc1ccc(-n2nc(C)nc2C)c(Cl)c1. The molecule has 0 aliphatic carbocycles. The summed E-state index contributed by atoms with van der Waals surface area (Å²) in [6, 6.07) is 6.04. The van der Waals surface area contributed by atoms with Crippen molar-refractivity contribution in [1.29, 1.82) is 0 Å². The van der Waals surface area contributed by atoms with Gasteiger partial charge in [-0.05, 0) is 44.5 Å². The molecule has 1 heterocycles. The summed E-state index contributed by atoms with van der Waals surface area (Å²) in [7, 11) is 0. The zero-order valence-corrected chi connectivity index (χ0v) is 12.3. The molecule has 0 saturated heterocycles. The zero-order chi connectivity index (χ0) is 13.8. The number of hydrogen-bond acceptors (Lipinski definition) is 3. The van der Waals surface area contributed by atoms with Gasteiger partial charge >= 0.3 is 0 Å². The highest BCUT2D eigenvalue weighted by molar-refractivity contribution is 6.32. The van der Waals surface area contributed by atoms with Crippen LogP contribution in [-0.2, 0) is 6.54 Å². The maximum Gasteiger partial charge on any atom is 0.148 e. The number of halogens is 1. The molecular weight excluding hydrogens is 260 g/mol. The molecule has 0 aliphatic rings. The fourth-order valence-electron chi connectivity index (χ4n) is 1.99. The van der Waals surface area contributed by atoms with E-state index in [0.717, 1.165) is 36.8 Å². The van der Waals surface area contributed by atoms with Gasteiger partial charge in [-0.2, -0.15) is 5.10 Å². The largest absolute Gasteiger partial charge is 0.313 e. The summed E-state index contributed by atoms with van der Waals surface area (Å²) < 4.78 is 1.78. The number of aryl methyl sites for hydroxylation is 2. The first-order valence-corrected chi connectivity index (χ1v) is 6.89. The van der Waals surface area contributed by atoms with Crippen LogP contribution in [0.25, 0.3) is 5.69 Å². The zero-order valence-electron chi connectivity index (χ0n) is 11.6. The minimum atomic E-state index is 0.698. The molecule has 19 heavy (non-hydrogen) atoms. The third kappa shape index (κ3) is 3.33. The standard InChI is InChI=1S/C14H19ClN4/c1-4-7-16-9-12-5-6-14(13(15)8-12)19-11(3)17-10(2)18-19/h5-6,8,16H,4,7,9H2,1-3H3. The first-order valence-electron chi connectivity index (χ1n) is 6.51. The van der Waals surface area contributed by atoms with Crippen molar-refractivity contribution < 1.29 is 0 Å². The number of nitrogens with zero attached hydrogens (tertiary/aromatic N) is 3. The monoisotopic (exact) mass is 278 g/mol. The van der Waals surface area contributed by atoms with Crippen LogP contribution >= 0.6 is 11.6 Å². The Kier molecular flexibility index (Phi) is 4.56. The average molecular weight is 279 g/mol. The highest BCUT2D eigenvalue weighted by Gasteiger charge is 2.09. The lowest BCUT2D eigenvalue weighted by molar-refractivity contribution is 0.675. The summed E-state index contributed by atoms with van der Waals surface area (Å²) in [5.41, 5.74) is 2.05. The van der Waals surface area contributed by atoms with Gasteiger partial charge in [0.05, 0.1) is 10.7 Å². The molecular formula is C14H19ClN4. The molecule has 0 fully saturated rings. The molecule has 4 nitrogen and oxygen atoms in total. The Labute approximate surface area is 118 Å². The van der Waals surface area contributed by atoms with Crippen molar-refractivity contribution in [3.8, 4) is 5.69 Å². The van der Waals surface area contributed by atoms with Gasteiger partial charge in [0.25, 0.3) is 0 Å². The van der Waals surface area contributed by atoms with Gasteiger partial charge in [0.1, 0.15) is 11.6 Å². The van der Waals surface area contributed by atoms with Crippen molar-refractivity contribution in [3.63, 3.8) is 0 Å². The van der Waals surface area contributed by atoms with Gasteiger partial charge in [-0.3, -0.25) is 0 Å². The maximum atomic E-state index is 6.34. The molecule has 0 atom stereocenters. The van der Waals surface area contributed by atoms with Crippen LogP contribution < -0.4 is 5.32 Å². The van der Waals surface area contributed by atoms with Crippen LogP contribution in [0.2, 0.25) is 5.02 Å². The lowest BCUT2D eigenvalue weighted by atomic mass is 10.2. The summed E-state index contributed by atoms with van der Waals surface area (Å²) >= 11 is 6.34. The third-order valence-electron chi connectivity index (χ3n) is 2.87. The number of nitrogens with one attached hydrogen (secondary N) is 1. The molecule has 5 heteroatoms. The molecule has 0 radical (unpaired) electrons. The Morgan fingerprint density at radius 3 is 2.68 bits per heavy atom. The quantitative estimate of drug-likeness (QED) is 0.855. The van der Waals surface area contributed by atoms with E-state index in [-0.39, 0.29) is 0 Å².